The summed E-state index contributed by atoms with van der Waals surface area (Å²) in [5.74, 6) is -0.0827. The van der Waals surface area contributed by atoms with Crippen molar-refractivity contribution in [1.82, 2.24) is 9.97 Å². The summed E-state index contributed by atoms with van der Waals surface area (Å²) in [6.07, 6.45) is 2.30. The van der Waals surface area contributed by atoms with Gasteiger partial charge in [0.2, 0.25) is 5.91 Å². The van der Waals surface area contributed by atoms with Crippen molar-refractivity contribution in [3.05, 3.63) is 59.7 Å². The van der Waals surface area contributed by atoms with E-state index in [2.05, 4.69) is 15.3 Å². The molecular formula is C20H18N4O3S. The number of pyridine rings is 1. The van der Waals surface area contributed by atoms with Gasteiger partial charge in [0.1, 0.15) is 11.6 Å². The number of benzene rings is 1. The van der Waals surface area contributed by atoms with Gasteiger partial charge in [-0.25, -0.2) is 9.78 Å². The van der Waals surface area contributed by atoms with Crippen LogP contribution in [0.5, 0.6) is 0 Å². The zero-order chi connectivity index (χ0) is 19.3. The first kappa shape index (κ1) is 18.1. The molecule has 0 aliphatic carbocycles. The van der Waals surface area contributed by atoms with Gasteiger partial charge in [-0.1, -0.05) is 6.07 Å². The lowest BCUT2D eigenvalue weighted by atomic mass is 10.2. The van der Waals surface area contributed by atoms with Crippen molar-refractivity contribution < 1.29 is 14.3 Å². The van der Waals surface area contributed by atoms with Gasteiger partial charge >= 0.3 is 6.09 Å². The van der Waals surface area contributed by atoms with E-state index < -0.39 is 0 Å². The highest BCUT2D eigenvalue weighted by Crippen LogP contribution is 2.23. The van der Waals surface area contributed by atoms with Crippen molar-refractivity contribution in [3.63, 3.8) is 0 Å². The van der Waals surface area contributed by atoms with Crippen LogP contribution in [0.25, 0.3) is 10.7 Å². The van der Waals surface area contributed by atoms with Crippen molar-refractivity contribution in [3.8, 4) is 10.7 Å². The molecule has 1 saturated heterocycles. The predicted molar refractivity (Wildman–Crippen MR) is 107 cm³/mol. The van der Waals surface area contributed by atoms with Gasteiger partial charge in [-0.3, -0.25) is 14.7 Å². The fraction of sp³-hybridized carbons (Fsp3) is 0.200. The van der Waals surface area contributed by atoms with E-state index in [1.54, 1.807) is 35.4 Å². The lowest BCUT2D eigenvalue weighted by Crippen LogP contribution is -2.23. The fourth-order valence-corrected chi connectivity index (χ4v) is 3.68. The molecule has 28 heavy (non-hydrogen) atoms. The summed E-state index contributed by atoms with van der Waals surface area (Å²) in [7, 11) is 0. The number of hydrogen-bond acceptors (Lipinski definition) is 6. The summed E-state index contributed by atoms with van der Waals surface area (Å²) in [6, 6.07) is 12.9. The third-order valence-corrected chi connectivity index (χ3v) is 5.18. The number of carbonyl (C=O) groups excluding carboxylic acids is 2. The number of thiazole rings is 1. The maximum atomic E-state index is 12.2. The summed E-state index contributed by atoms with van der Waals surface area (Å²) >= 11 is 1.52. The van der Waals surface area contributed by atoms with Crippen LogP contribution in [0.2, 0.25) is 0 Å². The number of carbonyl (C=O) groups is 2. The van der Waals surface area contributed by atoms with E-state index in [0.29, 0.717) is 31.7 Å². The quantitative estimate of drug-likeness (QED) is 0.689. The number of hydrogen-bond donors (Lipinski definition) is 1. The lowest BCUT2D eigenvalue weighted by Gasteiger charge is -2.13. The molecule has 0 spiro atoms. The Bertz CT molecular complexity index is 973. The maximum Gasteiger partial charge on any atom is 0.414 e. The largest absolute Gasteiger partial charge is 0.447 e. The zero-order valence-electron chi connectivity index (χ0n) is 15.0. The fourth-order valence-electron chi connectivity index (χ4n) is 2.85. The number of rotatable bonds is 6. The molecule has 4 rings (SSSR count). The Balaban J connectivity index is 1.30. The number of cyclic esters (lactones) is 1. The number of aryl methyl sites for hydroxylation is 1. The van der Waals surface area contributed by atoms with Crippen LogP contribution in [0, 0.1) is 0 Å². The standard InChI is InChI=1S/C20H18N4O3S/c25-18(9-6-15-13-28-19(23-15)17-3-1-2-10-21-17)22-14-4-7-16(8-5-14)24-11-12-27-20(24)26/h1-5,7-8,10,13H,6,9,11-12H2,(H,22,25). The van der Waals surface area contributed by atoms with E-state index in [1.807, 2.05) is 23.6 Å². The second kappa shape index (κ2) is 8.18. The molecule has 7 nitrogen and oxygen atoms in total. The van der Waals surface area contributed by atoms with E-state index in [9.17, 15) is 9.59 Å². The van der Waals surface area contributed by atoms with Crippen LogP contribution in [-0.2, 0) is 16.0 Å². The molecule has 0 radical (unpaired) electrons. The number of aromatic nitrogens is 2. The Morgan fingerprint density at radius 2 is 2.07 bits per heavy atom. The lowest BCUT2D eigenvalue weighted by molar-refractivity contribution is -0.116. The van der Waals surface area contributed by atoms with Crippen LogP contribution in [-0.4, -0.2) is 35.1 Å². The average molecular weight is 394 g/mol. The highest BCUT2D eigenvalue weighted by molar-refractivity contribution is 7.13. The first-order valence-corrected chi connectivity index (χ1v) is 9.77. The minimum Gasteiger partial charge on any atom is -0.447 e. The van der Waals surface area contributed by atoms with Crippen LogP contribution < -0.4 is 10.2 Å². The normalized spacial score (nSPS) is 13.4. The second-order valence-electron chi connectivity index (χ2n) is 6.22. The molecule has 8 heteroatoms. The monoisotopic (exact) mass is 394 g/mol. The number of nitrogens with one attached hydrogen (secondary N) is 1. The molecular weight excluding hydrogens is 376 g/mol. The molecule has 0 bridgehead atoms. The third kappa shape index (κ3) is 4.17. The summed E-state index contributed by atoms with van der Waals surface area (Å²) in [4.78, 5) is 34.2. The molecule has 142 valence electrons. The average Bonchev–Trinajstić information content (AvgIpc) is 3.37. The highest BCUT2D eigenvalue weighted by Gasteiger charge is 2.23. The third-order valence-electron chi connectivity index (χ3n) is 4.27. The summed E-state index contributed by atoms with van der Waals surface area (Å²) in [5.41, 5.74) is 3.16. The van der Waals surface area contributed by atoms with Crippen LogP contribution in [0.1, 0.15) is 12.1 Å². The van der Waals surface area contributed by atoms with Gasteiger partial charge in [-0.2, -0.15) is 0 Å². The molecule has 0 unspecified atom stereocenters. The molecule has 0 atom stereocenters. The maximum absolute atomic E-state index is 12.2. The topological polar surface area (TPSA) is 84.4 Å². The van der Waals surface area contributed by atoms with Crippen LogP contribution >= 0.6 is 11.3 Å². The van der Waals surface area contributed by atoms with Gasteiger partial charge in [0.25, 0.3) is 0 Å². The number of anilines is 2. The molecule has 1 fully saturated rings. The van der Waals surface area contributed by atoms with E-state index in [0.717, 1.165) is 22.1 Å². The summed E-state index contributed by atoms with van der Waals surface area (Å²) < 4.78 is 4.93. The molecule has 3 heterocycles. The van der Waals surface area contributed by atoms with Gasteiger partial charge in [-0.05, 0) is 42.8 Å². The number of amides is 2. The van der Waals surface area contributed by atoms with Crippen LogP contribution in [0.4, 0.5) is 16.2 Å². The minimum atomic E-state index is -0.342. The van der Waals surface area contributed by atoms with Gasteiger partial charge < -0.3 is 10.1 Å². The molecule has 2 amide bonds. The SMILES string of the molecule is O=C(CCc1csc(-c2ccccn2)n1)Nc1ccc(N2CCOC2=O)cc1. The van der Waals surface area contributed by atoms with E-state index in [-0.39, 0.29) is 12.0 Å². The Labute approximate surface area is 166 Å². The van der Waals surface area contributed by atoms with Crippen molar-refractivity contribution in [1.29, 1.82) is 0 Å². The van der Waals surface area contributed by atoms with Crippen LogP contribution in [0.15, 0.2) is 54.0 Å². The Kier molecular flexibility index (Phi) is 5.29. The second-order valence-corrected chi connectivity index (χ2v) is 7.08. The van der Waals surface area contributed by atoms with Gasteiger partial charge in [0.15, 0.2) is 0 Å². The summed E-state index contributed by atoms with van der Waals surface area (Å²) in [6.45, 7) is 0.939. The summed E-state index contributed by atoms with van der Waals surface area (Å²) in [5, 5.41) is 5.68. The molecule has 1 aliphatic heterocycles. The molecule has 3 aromatic rings. The Morgan fingerprint density at radius 1 is 1.21 bits per heavy atom. The van der Waals surface area contributed by atoms with Crippen molar-refractivity contribution in [2.45, 2.75) is 12.8 Å². The zero-order valence-corrected chi connectivity index (χ0v) is 15.8. The highest BCUT2D eigenvalue weighted by atomic mass is 32.1. The van der Waals surface area contributed by atoms with Crippen molar-refractivity contribution in [2.75, 3.05) is 23.4 Å². The van der Waals surface area contributed by atoms with Crippen molar-refractivity contribution >= 4 is 34.7 Å². The van der Waals surface area contributed by atoms with E-state index in [1.165, 1.54) is 11.3 Å². The van der Waals surface area contributed by atoms with E-state index >= 15 is 0 Å². The van der Waals surface area contributed by atoms with Crippen LogP contribution in [0.3, 0.4) is 0 Å². The number of nitrogens with zero attached hydrogens (tertiary/aromatic N) is 3. The molecule has 0 saturated carbocycles. The molecule has 1 aliphatic rings. The van der Waals surface area contributed by atoms with E-state index in [4.69, 9.17) is 4.74 Å². The first-order valence-electron chi connectivity index (χ1n) is 8.89. The molecule has 1 aromatic carbocycles. The smallest absolute Gasteiger partial charge is 0.414 e. The molecule has 2 aromatic heterocycles. The Hall–Kier alpha value is -3.26. The number of ether oxygens (including phenoxy) is 1. The Morgan fingerprint density at radius 3 is 2.79 bits per heavy atom. The van der Waals surface area contributed by atoms with Crippen molar-refractivity contribution in [2.24, 2.45) is 0 Å². The molecule has 1 N–H and O–H groups in total. The van der Waals surface area contributed by atoms with Gasteiger partial charge in [0.05, 0.1) is 17.9 Å². The van der Waals surface area contributed by atoms with Gasteiger partial charge in [0, 0.05) is 29.4 Å². The minimum absolute atomic E-state index is 0.0827. The van der Waals surface area contributed by atoms with Gasteiger partial charge in [-0.15, -0.1) is 11.3 Å². The predicted octanol–water partition coefficient (Wildman–Crippen LogP) is 3.73. The first-order chi connectivity index (χ1) is 13.7.